The molecular weight excluding hydrogens is 232 g/mol. The van der Waals surface area contributed by atoms with Crippen LogP contribution < -0.4 is 0 Å². The van der Waals surface area contributed by atoms with Crippen molar-refractivity contribution in [2.75, 3.05) is 44.7 Å². The Labute approximate surface area is 97.4 Å². The molecule has 1 aliphatic rings. The minimum atomic E-state index is -3.01. The van der Waals surface area contributed by atoms with Crippen molar-refractivity contribution in [1.82, 2.24) is 9.21 Å². The fourth-order valence-electron chi connectivity index (χ4n) is 1.59. The van der Waals surface area contributed by atoms with Crippen LogP contribution in [-0.4, -0.2) is 62.4 Å². The van der Waals surface area contributed by atoms with E-state index in [0.717, 1.165) is 25.2 Å². The van der Waals surface area contributed by atoms with E-state index in [2.05, 4.69) is 24.1 Å². The summed E-state index contributed by atoms with van der Waals surface area (Å²) >= 11 is 4.15. The van der Waals surface area contributed by atoms with Crippen molar-refractivity contribution in [2.24, 2.45) is 0 Å². The second kappa shape index (κ2) is 5.34. The van der Waals surface area contributed by atoms with Crippen molar-refractivity contribution in [3.63, 3.8) is 0 Å². The highest BCUT2D eigenvalue weighted by molar-refractivity contribution is 7.88. The highest BCUT2D eigenvalue weighted by Crippen LogP contribution is 2.07. The van der Waals surface area contributed by atoms with E-state index in [1.165, 1.54) is 10.6 Å². The Bertz CT molecular complexity index is 319. The molecule has 0 spiro atoms. The summed E-state index contributed by atoms with van der Waals surface area (Å²) in [5.74, 6) is 0.687. The predicted molar refractivity (Wildman–Crippen MR) is 65.8 cm³/mol. The van der Waals surface area contributed by atoms with Crippen molar-refractivity contribution in [1.29, 1.82) is 0 Å². The first kappa shape index (κ1) is 13.0. The van der Waals surface area contributed by atoms with Gasteiger partial charge in [0.1, 0.15) is 0 Å². The van der Waals surface area contributed by atoms with Gasteiger partial charge >= 0.3 is 0 Å². The van der Waals surface area contributed by atoms with Crippen LogP contribution in [0.25, 0.3) is 0 Å². The first-order valence-electron chi connectivity index (χ1n) is 4.88. The molecule has 15 heavy (non-hydrogen) atoms. The average molecular weight is 250 g/mol. The molecule has 1 rings (SSSR count). The molecule has 1 fully saturated rings. The number of hydrogen-bond donors (Lipinski definition) is 1. The Kier molecular flexibility index (Phi) is 4.64. The molecule has 0 aromatic rings. The Balaban J connectivity index is 2.40. The SMILES string of the molecule is C=C(CS)CN1CCN(S(C)(=O)=O)CC1. The van der Waals surface area contributed by atoms with Crippen molar-refractivity contribution in [2.45, 2.75) is 0 Å². The summed E-state index contributed by atoms with van der Waals surface area (Å²) in [7, 11) is -3.01. The van der Waals surface area contributed by atoms with Gasteiger partial charge in [0.25, 0.3) is 0 Å². The number of nitrogens with zero attached hydrogens (tertiary/aromatic N) is 2. The van der Waals surface area contributed by atoms with Gasteiger partial charge < -0.3 is 0 Å². The molecule has 0 unspecified atom stereocenters. The number of thiol groups is 1. The van der Waals surface area contributed by atoms with E-state index < -0.39 is 10.0 Å². The van der Waals surface area contributed by atoms with Crippen LogP contribution in [0.1, 0.15) is 0 Å². The Hall–Kier alpha value is -0.0400. The molecule has 1 aliphatic heterocycles. The van der Waals surface area contributed by atoms with Crippen molar-refractivity contribution >= 4 is 22.7 Å². The smallest absolute Gasteiger partial charge is 0.211 e. The van der Waals surface area contributed by atoms with Crippen LogP contribution in [0.2, 0.25) is 0 Å². The second-order valence-electron chi connectivity index (χ2n) is 3.85. The minimum Gasteiger partial charge on any atom is -0.297 e. The molecule has 6 heteroatoms. The zero-order chi connectivity index (χ0) is 11.5. The third-order valence-corrected chi connectivity index (χ3v) is 4.22. The molecule has 0 radical (unpaired) electrons. The van der Waals surface area contributed by atoms with Crippen LogP contribution in [0, 0.1) is 0 Å². The van der Waals surface area contributed by atoms with Gasteiger partial charge in [-0.1, -0.05) is 12.2 Å². The van der Waals surface area contributed by atoms with Crippen molar-refractivity contribution < 1.29 is 8.42 Å². The highest BCUT2D eigenvalue weighted by Gasteiger charge is 2.22. The Morgan fingerprint density at radius 2 is 1.87 bits per heavy atom. The molecule has 0 N–H and O–H groups in total. The molecule has 0 aromatic carbocycles. The summed E-state index contributed by atoms with van der Waals surface area (Å²) in [6, 6.07) is 0. The summed E-state index contributed by atoms with van der Waals surface area (Å²) in [5.41, 5.74) is 1.08. The van der Waals surface area contributed by atoms with Crippen LogP contribution in [0.5, 0.6) is 0 Å². The van der Waals surface area contributed by atoms with Gasteiger partial charge in [-0.2, -0.15) is 16.9 Å². The van der Waals surface area contributed by atoms with Gasteiger partial charge in [-0.15, -0.1) is 0 Å². The quantitative estimate of drug-likeness (QED) is 0.566. The summed E-state index contributed by atoms with van der Waals surface area (Å²) in [5, 5.41) is 0. The molecular formula is C9H18N2O2S2. The molecule has 0 aromatic heterocycles. The fraction of sp³-hybridized carbons (Fsp3) is 0.778. The lowest BCUT2D eigenvalue weighted by atomic mass is 10.3. The maximum atomic E-state index is 11.2. The molecule has 1 heterocycles. The van der Waals surface area contributed by atoms with Crippen molar-refractivity contribution in [3.05, 3.63) is 12.2 Å². The van der Waals surface area contributed by atoms with E-state index in [1.807, 2.05) is 0 Å². The van der Waals surface area contributed by atoms with E-state index in [1.54, 1.807) is 0 Å². The summed E-state index contributed by atoms with van der Waals surface area (Å²) in [4.78, 5) is 2.21. The van der Waals surface area contributed by atoms with Crippen LogP contribution in [-0.2, 0) is 10.0 Å². The molecule has 0 atom stereocenters. The van der Waals surface area contributed by atoms with Gasteiger partial charge in [-0.05, 0) is 0 Å². The van der Waals surface area contributed by atoms with Gasteiger partial charge in [-0.3, -0.25) is 4.90 Å². The second-order valence-corrected chi connectivity index (χ2v) is 6.14. The topological polar surface area (TPSA) is 40.6 Å². The summed E-state index contributed by atoms with van der Waals surface area (Å²) in [6.45, 7) is 7.43. The zero-order valence-corrected chi connectivity index (χ0v) is 10.7. The minimum absolute atomic E-state index is 0.582. The van der Waals surface area contributed by atoms with Gasteiger partial charge in [-0.25, -0.2) is 8.42 Å². The molecule has 1 saturated heterocycles. The van der Waals surface area contributed by atoms with Crippen LogP contribution in [0.4, 0.5) is 0 Å². The Morgan fingerprint density at radius 3 is 2.27 bits per heavy atom. The third-order valence-electron chi connectivity index (χ3n) is 2.47. The van der Waals surface area contributed by atoms with E-state index in [9.17, 15) is 8.42 Å². The van der Waals surface area contributed by atoms with Crippen LogP contribution in [0.15, 0.2) is 12.2 Å². The number of piperazine rings is 1. The standard InChI is InChI=1S/C9H18N2O2S2/c1-9(8-14)7-10-3-5-11(6-4-10)15(2,12)13/h14H,1,3-8H2,2H3. The summed E-state index contributed by atoms with van der Waals surface area (Å²) < 4.78 is 24.0. The number of sulfonamides is 1. The van der Waals surface area contributed by atoms with Gasteiger partial charge in [0.2, 0.25) is 10.0 Å². The lowest BCUT2D eigenvalue weighted by Crippen LogP contribution is -2.48. The van der Waals surface area contributed by atoms with Gasteiger partial charge in [0.15, 0.2) is 0 Å². The van der Waals surface area contributed by atoms with Crippen LogP contribution >= 0.6 is 12.6 Å². The number of hydrogen-bond acceptors (Lipinski definition) is 4. The maximum Gasteiger partial charge on any atom is 0.211 e. The van der Waals surface area contributed by atoms with E-state index in [4.69, 9.17) is 0 Å². The molecule has 88 valence electrons. The van der Waals surface area contributed by atoms with Crippen LogP contribution in [0.3, 0.4) is 0 Å². The van der Waals surface area contributed by atoms with Gasteiger partial charge in [0.05, 0.1) is 6.26 Å². The molecule has 4 nitrogen and oxygen atoms in total. The lowest BCUT2D eigenvalue weighted by Gasteiger charge is -2.33. The molecule has 0 amide bonds. The average Bonchev–Trinajstić information content (AvgIpc) is 2.17. The first-order valence-corrected chi connectivity index (χ1v) is 7.36. The molecule has 0 aliphatic carbocycles. The lowest BCUT2D eigenvalue weighted by molar-refractivity contribution is 0.202. The van der Waals surface area contributed by atoms with Crippen molar-refractivity contribution in [3.8, 4) is 0 Å². The normalized spacial score (nSPS) is 20.4. The fourth-order valence-corrected chi connectivity index (χ4v) is 2.51. The third kappa shape index (κ3) is 4.14. The summed E-state index contributed by atoms with van der Waals surface area (Å²) in [6.07, 6.45) is 1.26. The molecule has 0 bridgehead atoms. The van der Waals surface area contributed by atoms with E-state index in [-0.39, 0.29) is 0 Å². The number of rotatable bonds is 4. The van der Waals surface area contributed by atoms with Gasteiger partial charge in [0, 0.05) is 38.5 Å². The zero-order valence-electron chi connectivity index (χ0n) is 9.02. The maximum absolute atomic E-state index is 11.2. The first-order chi connectivity index (χ1) is 6.93. The predicted octanol–water partition coefficient (Wildman–Crippen LogP) is 0.0496. The monoisotopic (exact) mass is 250 g/mol. The van der Waals surface area contributed by atoms with E-state index in [0.29, 0.717) is 18.8 Å². The van der Waals surface area contributed by atoms with E-state index >= 15 is 0 Å². The molecule has 0 saturated carbocycles. The highest BCUT2D eigenvalue weighted by atomic mass is 32.2. The largest absolute Gasteiger partial charge is 0.297 e. The Morgan fingerprint density at radius 1 is 1.33 bits per heavy atom.